The molecule has 2 atom stereocenters. The van der Waals surface area contributed by atoms with Crippen molar-refractivity contribution in [1.29, 1.82) is 0 Å². The van der Waals surface area contributed by atoms with Gasteiger partial charge in [0.05, 0.1) is 17.4 Å². The molecule has 0 saturated carbocycles. The minimum Gasteiger partial charge on any atom is -0.468 e. The number of rotatable bonds is 5. The van der Waals surface area contributed by atoms with E-state index >= 15 is 0 Å². The van der Waals surface area contributed by atoms with Gasteiger partial charge in [-0.3, -0.25) is 9.59 Å². The minimum atomic E-state index is -0.864. The fraction of sp³-hybridized carbons (Fsp3) is 0.100. The first-order valence-electron chi connectivity index (χ1n) is 7.54. The predicted octanol–water partition coefficient (Wildman–Crippen LogP) is 3.47. The Morgan fingerprint density at radius 3 is 2.21 bits per heavy atom. The van der Waals surface area contributed by atoms with Crippen molar-refractivity contribution in [3.63, 3.8) is 0 Å². The molecule has 2 aromatic rings. The highest BCUT2D eigenvalue weighted by Gasteiger charge is 2.29. The largest absolute Gasteiger partial charge is 0.468 e. The molecule has 4 nitrogen and oxygen atoms in total. The van der Waals surface area contributed by atoms with E-state index in [2.05, 4.69) is 0 Å². The first-order valence-corrected chi connectivity index (χ1v) is 7.54. The van der Waals surface area contributed by atoms with E-state index in [1.807, 2.05) is 60.7 Å². The monoisotopic (exact) mass is 320 g/mol. The Hall–Kier alpha value is -2.98. The summed E-state index contributed by atoms with van der Waals surface area (Å²) in [5.41, 5.74) is 2.42. The Bertz CT molecular complexity index is 763. The molecule has 0 fully saturated rings. The van der Waals surface area contributed by atoms with Crippen molar-refractivity contribution in [3.05, 3.63) is 89.2 Å². The lowest BCUT2D eigenvalue weighted by Crippen LogP contribution is -2.27. The van der Waals surface area contributed by atoms with Crippen molar-refractivity contribution in [2.24, 2.45) is 0 Å². The van der Waals surface area contributed by atoms with Crippen LogP contribution in [0.2, 0.25) is 0 Å². The highest BCUT2D eigenvalue weighted by molar-refractivity contribution is 5.83. The minimum absolute atomic E-state index is 0.350. The summed E-state index contributed by atoms with van der Waals surface area (Å²) in [5.74, 6) is 0. The lowest BCUT2D eigenvalue weighted by Gasteiger charge is -2.29. The summed E-state index contributed by atoms with van der Waals surface area (Å²) in [6, 6.07) is 18.8. The quantitative estimate of drug-likeness (QED) is 0.625. The summed E-state index contributed by atoms with van der Waals surface area (Å²) >= 11 is 0. The smallest absolute Gasteiger partial charge is 0.229 e. The van der Waals surface area contributed by atoms with Crippen molar-refractivity contribution >= 4 is 18.6 Å². The molecule has 0 aromatic heterocycles. The molecule has 120 valence electrons. The van der Waals surface area contributed by atoms with E-state index in [9.17, 15) is 9.59 Å². The summed E-state index contributed by atoms with van der Waals surface area (Å²) in [6.07, 6.45) is 3.05. The second-order valence-corrected chi connectivity index (χ2v) is 5.30. The molecule has 0 bridgehead atoms. The number of hydrogen-bond acceptors (Lipinski definition) is 4. The molecule has 2 unspecified atom stereocenters. The number of carbonyl (C=O) groups is 2. The van der Waals surface area contributed by atoms with Gasteiger partial charge in [-0.25, -0.2) is 0 Å². The van der Waals surface area contributed by atoms with Crippen LogP contribution < -0.4 is 0 Å². The Labute approximate surface area is 140 Å². The van der Waals surface area contributed by atoms with Crippen LogP contribution in [0.1, 0.15) is 17.2 Å². The molecule has 0 aliphatic carbocycles. The summed E-state index contributed by atoms with van der Waals surface area (Å²) < 4.78 is 11.3. The normalized spacial score (nSPS) is 20.7. The van der Waals surface area contributed by atoms with Gasteiger partial charge in [-0.05, 0) is 17.2 Å². The Kier molecular flexibility index (Phi) is 4.99. The Morgan fingerprint density at radius 1 is 0.917 bits per heavy atom. The average Bonchev–Trinajstić information content (AvgIpc) is 2.67. The van der Waals surface area contributed by atoms with Gasteiger partial charge in [0.25, 0.3) is 0 Å². The lowest BCUT2D eigenvalue weighted by atomic mass is 10.0. The SMILES string of the molecule is O=CC(=Cc1ccccc1)C1OC=C(C=O)C(c2ccccc2)O1. The molecule has 0 radical (unpaired) electrons. The molecular formula is C20H16O4. The van der Waals surface area contributed by atoms with Gasteiger partial charge in [0, 0.05) is 0 Å². The predicted molar refractivity (Wildman–Crippen MR) is 89.8 cm³/mol. The summed E-state index contributed by atoms with van der Waals surface area (Å²) in [4.78, 5) is 22.8. The molecule has 1 aliphatic heterocycles. The van der Waals surface area contributed by atoms with Crippen LogP contribution in [-0.4, -0.2) is 18.9 Å². The number of aldehydes is 2. The van der Waals surface area contributed by atoms with Crippen molar-refractivity contribution in [1.82, 2.24) is 0 Å². The van der Waals surface area contributed by atoms with Crippen LogP contribution in [0.15, 0.2) is 78.1 Å². The van der Waals surface area contributed by atoms with Crippen molar-refractivity contribution in [2.45, 2.75) is 12.4 Å². The van der Waals surface area contributed by atoms with E-state index in [-0.39, 0.29) is 0 Å². The maximum atomic E-state index is 11.5. The molecule has 0 amide bonds. The second-order valence-electron chi connectivity index (χ2n) is 5.30. The van der Waals surface area contributed by atoms with E-state index in [0.717, 1.165) is 11.1 Å². The van der Waals surface area contributed by atoms with E-state index < -0.39 is 12.4 Å². The first kappa shape index (κ1) is 15.9. The van der Waals surface area contributed by atoms with Crippen LogP contribution in [-0.2, 0) is 19.1 Å². The lowest BCUT2D eigenvalue weighted by molar-refractivity contribution is -0.137. The van der Waals surface area contributed by atoms with E-state index in [0.29, 0.717) is 23.7 Å². The van der Waals surface area contributed by atoms with Gasteiger partial charge in [-0.2, -0.15) is 0 Å². The van der Waals surface area contributed by atoms with Gasteiger partial charge in [-0.15, -0.1) is 0 Å². The topological polar surface area (TPSA) is 52.6 Å². The molecule has 0 saturated heterocycles. The van der Waals surface area contributed by atoms with Gasteiger partial charge in [0.2, 0.25) is 6.29 Å². The third kappa shape index (κ3) is 3.50. The third-order valence-corrected chi connectivity index (χ3v) is 3.67. The van der Waals surface area contributed by atoms with Crippen LogP contribution in [0.25, 0.3) is 6.08 Å². The highest BCUT2D eigenvalue weighted by Crippen LogP contribution is 2.32. The highest BCUT2D eigenvalue weighted by atomic mass is 16.7. The average molecular weight is 320 g/mol. The van der Waals surface area contributed by atoms with Crippen LogP contribution in [0.4, 0.5) is 0 Å². The molecule has 0 N–H and O–H groups in total. The van der Waals surface area contributed by atoms with Crippen molar-refractivity contribution < 1.29 is 19.1 Å². The van der Waals surface area contributed by atoms with E-state index in [1.165, 1.54) is 6.26 Å². The van der Waals surface area contributed by atoms with Crippen LogP contribution in [0.5, 0.6) is 0 Å². The van der Waals surface area contributed by atoms with Crippen LogP contribution in [0.3, 0.4) is 0 Å². The summed E-state index contributed by atoms with van der Waals surface area (Å²) in [5, 5.41) is 0. The zero-order chi connectivity index (χ0) is 16.8. The number of carbonyl (C=O) groups excluding carboxylic acids is 2. The van der Waals surface area contributed by atoms with Gasteiger partial charge in [0.1, 0.15) is 6.10 Å². The fourth-order valence-corrected chi connectivity index (χ4v) is 2.48. The number of ether oxygens (including phenoxy) is 2. The molecule has 4 heteroatoms. The number of benzene rings is 2. The Balaban J connectivity index is 1.89. The van der Waals surface area contributed by atoms with Crippen LogP contribution in [0, 0.1) is 0 Å². The first-order chi connectivity index (χ1) is 11.8. The zero-order valence-electron chi connectivity index (χ0n) is 12.9. The zero-order valence-corrected chi connectivity index (χ0v) is 12.9. The maximum absolute atomic E-state index is 11.5. The molecule has 0 spiro atoms. The van der Waals surface area contributed by atoms with E-state index in [4.69, 9.17) is 9.47 Å². The van der Waals surface area contributed by atoms with Crippen molar-refractivity contribution in [3.8, 4) is 0 Å². The molecule has 24 heavy (non-hydrogen) atoms. The van der Waals surface area contributed by atoms with Gasteiger partial charge in [0.15, 0.2) is 12.6 Å². The van der Waals surface area contributed by atoms with Crippen molar-refractivity contribution in [2.75, 3.05) is 0 Å². The molecule has 2 aromatic carbocycles. The molecular weight excluding hydrogens is 304 g/mol. The van der Waals surface area contributed by atoms with Gasteiger partial charge in [-0.1, -0.05) is 60.7 Å². The Morgan fingerprint density at radius 2 is 1.58 bits per heavy atom. The molecule has 1 aliphatic rings. The third-order valence-electron chi connectivity index (χ3n) is 3.67. The number of hydrogen-bond donors (Lipinski definition) is 0. The molecule has 1 heterocycles. The van der Waals surface area contributed by atoms with Gasteiger partial charge >= 0.3 is 0 Å². The maximum Gasteiger partial charge on any atom is 0.229 e. The van der Waals surface area contributed by atoms with Gasteiger partial charge < -0.3 is 9.47 Å². The second kappa shape index (κ2) is 7.53. The summed E-state index contributed by atoms with van der Waals surface area (Å²) in [7, 11) is 0. The molecule has 3 rings (SSSR count). The van der Waals surface area contributed by atoms with Crippen LogP contribution >= 0.6 is 0 Å². The van der Waals surface area contributed by atoms with E-state index in [1.54, 1.807) is 6.08 Å². The standard InChI is InChI=1S/C20H16O4/c21-12-17(11-15-7-3-1-4-8-15)20-23-14-18(13-22)19(24-20)16-9-5-2-6-10-16/h1-14,19-20H. The fourth-order valence-electron chi connectivity index (χ4n) is 2.48. The summed E-state index contributed by atoms with van der Waals surface area (Å²) in [6.45, 7) is 0.